The van der Waals surface area contributed by atoms with Crippen LogP contribution >= 0.6 is 0 Å². The lowest BCUT2D eigenvalue weighted by atomic mass is 9.96. The second-order valence-electron chi connectivity index (χ2n) is 5.07. The fourth-order valence-electron chi connectivity index (χ4n) is 2.11. The van der Waals surface area contributed by atoms with Gasteiger partial charge in [0.05, 0.1) is 11.4 Å². The van der Waals surface area contributed by atoms with Crippen LogP contribution in [-0.4, -0.2) is 28.4 Å². The number of pyridine rings is 1. The van der Waals surface area contributed by atoms with Crippen molar-refractivity contribution in [2.75, 3.05) is 4.90 Å². The quantitative estimate of drug-likeness (QED) is 0.806. The molecule has 0 bridgehead atoms. The molecule has 1 unspecified atom stereocenters. The highest BCUT2D eigenvalue weighted by molar-refractivity contribution is 6.10. The van der Waals surface area contributed by atoms with E-state index in [4.69, 9.17) is 0 Å². The summed E-state index contributed by atoms with van der Waals surface area (Å²) in [6.07, 6.45) is 1.67. The highest BCUT2D eigenvalue weighted by Crippen LogP contribution is 2.26. The first-order valence-electron chi connectivity index (χ1n) is 5.92. The van der Waals surface area contributed by atoms with Gasteiger partial charge in [0.1, 0.15) is 11.6 Å². The van der Waals surface area contributed by atoms with E-state index in [1.807, 2.05) is 13.0 Å². The van der Waals surface area contributed by atoms with Crippen LogP contribution in [0.5, 0.6) is 0 Å². The van der Waals surface area contributed by atoms with Gasteiger partial charge in [0.25, 0.3) is 5.91 Å². The lowest BCUT2D eigenvalue weighted by Crippen LogP contribution is -2.67. The third-order valence-corrected chi connectivity index (χ3v) is 3.19. The summed E-state index contributed by atoms with van der Waals surface area (Å²) in [7, 11) is 0. The Morgan fingerprint density at radius 2 is 2.06 bits per heavy atom. The minimum atomic E-state index is -0.883. The van der Waals surface area contributed by atoms with Gasteiger partial charge in [-0.2, -0.15) is 0 Å². The second kappa shape index (κ2) is 4.08. The Kier molecular flexibility index (Phi) is 2.84. The van der Waals surface area contributed by atoms with Crippen LogP contribution in [0.15, 0.2) is 18.3 Å². The van der Waals surface area contributed by atoms with E-state index in [0.717, 1.165) is 5.69 Å². The molecule has 2 rings (SSSR count). The van der Waals surface area contributed by atoms with Crippen molar-refractivity contribution in [3.05, 3.63) is 24.0 Å². The number of amides is 2. The number of nitrogens with one attached hydrogen (secondary N) is 1. The molecule has 1 aliphatic rings. The molecule has 5 nitrogen and oxygen atoms in total. The van der Waals surface area contributed by atoms with Gasteiger partial charge in [-0.25, -0.2) is 0 Å². The van der Waals surface area contributed by atoms with Crippen LogP contribution in [0.4, 0.5) is 5.69 Å². The molecule has 1 aliphatic heterocycles. The Morgan fingerprint density at radius 1 is 1.39 bits per heavy atom. The Hall–Kier alpha value is -1.91. The lowest BCUT2D eigenvalue weighted by molar-refractivity contribution is -0.136. The molecule has 1 fully saturated rings. The Labute approximate surface area is 106 Å². The topological polar surface area (TPSA) is 62.3 Å². The van der Waals surface area contributed by atoms with Gasteiger partial charge in [0.15, 0.2) is 0 Å². The van der Waals surface area contributed by atoms with E-state index in [9.17, 15) is 9.59 Å². The number of carbonyl (C=O) groups excluding carboxylic acids is 2. The monoisotopic (exact) mass is 247 g/mol. The van der Waals surface area contributed by atoms with Crippen molar-refractivity contribution in [1.29, 1.82) is 0 Å². The molecule has 18 heavy (non-hydrogen) atoms. The molecule has 0 aliphatic carbocycles. The predicted molar refractivity (Wildman–Crippen MR) is 68.1 cm³/mol. The molecule has 1 N–H and O–H groups in total. The number of nitrogens with zero attached hydrogens (tertiary/aromatic N) is 2. The number of hydrogen-bond donors (Lipinski definition) is 1. The minimum absolute atomic E-state index is 0.120. The largest absolute Gasteiger partial charge is 0.340 e. The first-order valence-corrected chi connectivity index (χ1v) is 5.92. The zero-order chi connectivity index (χ0) is 13.5. The van der Waals surface area contributed by atoms with E-state index in [2.05, 4.69) is 10.3 Å². The molecule has 1 atom stereocenters. The van der Waals surface area contributed by atoms with Crippen LogP contribution in [-0.2, 0) is 9.59 Å². The third kappa shape index (κ3) is 1.85. The van der Waals surface area contributed by atoms with Gasteiger partial charge in [-0.3, -0.25) is 19.5 Å². The highest BCUT2D eigenvalue weighted by atomic mass is 16.2. The van der Waals surface area contributed by atoms with Gasteiger partial charge in [0, 0.05) is 6.20 Å². The summed E-state index contributed by atoms with van der Waals surface area (Å²) >= 11 is 0. The van der Waals surface area contributed by atoms with Gasteiger partial charge in [-0.05, 0) is 39.8 Å². The standard InChI is InChI=1S/C13H17N3O2/c1-8-10(6-5-7-14-8)16-9(2)11(17)15-13(3,4)12(16)18/h5-7,9H,1-4H3,(H,15,17). The number of piperazine rings is 1. The minimum Gasteiger partial charge on any atom is -0.340 e. The SMILES string of the molecule is Cc1ncccc1N1C(=O)C(C)(C)NC(=O)C1C. The maximum atomic E-state index is 12.4. The van der Waals surface area contributed by atoms with Gasteiger partial charge in [-0.1, -0.05) is 0 Å². The summed E-state index contributed by atoms with van der Waals surface area (Å²) in [4.78, 5) is 30.1. The summed E-state index contributed by atoms with van der Waals surface area (Å²) in [5, 5.41) is 2.72. The Balaban J connectivity index is 2.50. The molecular formula is C13H17N3O2. The summed E-state index contributed by atoms with van der Waals surface area (Å²) in [6.45, 7) is 6.96. The van der Waals surface area contributed by atoms with Gasteiger partial charge >= 0.3 is 0 Å². The van der Waals surface area contributed by atoms with Crippen molar-refractivity contribution in [3.8, 4) is 0 Å². The number of anilines is 1. The van der Waals surface area contributed by atoms with Crippen molar-refractivity contribution in [1.82, 2.24) is 10.3 Å². The van der Waals surface area contributed by atoms with Crippen molar-refractivity contribution in [2.24, 2.45) is 0 Å². The lowest BCUT2D eigenvalue weighted by Gasteiger charge is -2.41. The van der Waals surface area contributed by atoms with Crippen LogP contribution in [0.1, 0.15) is 26.5 Å². The van der Waals surface area contributed by atoms with E-state index in [-0.39, 0.29) is 11.8 Å². The van der Waals surface area contributed by atoms with E-state index < -0.39 is 11.6 Å². The summed E-state index contributed by atoms with van der Waals surface area (Å²) in [6, 6.07) is 3.06. The summed E-state index contributed by atoms with van der Waals surface area (Å²) in [5.74, 6) is -0.270. The molecule has 5 heteroatoms. The number of aryl methyl sites for hydroxylation is 1. The Morgan fingerprint density at radius 3 is 2.67 bits per heavy atom. The number of carbonyl (C=O) groups is 2. The molecular weight excluding hydrogens is 230 g/mol. The maximum Gasteiger partial charge on any atom is 0.252 e. The van der Waals surface area contributed by atoms with Crippen LogP contribution in [0.2, 0.25) is 0 Å². The van der Waals surface area contributed by atoms with Crippen LogP contribution < -0.4 is 10.2 Å². The van der Waals surface area contributed by atoms with E-state index >= 15 is 0 Å². The molecule has 0 aromatic carbocycles. The fraction of sp³-hybridized carbons (Fsp3) is 0.462. The molecule has 1 saturated heterocycles. The normalized spacial score (nSPS) is 22.9. The summed E-state index contributed by atoms with van der Waals surface area (Å²) in [5.41, 5.74) is 0.549. The molecule has 1 aromatic rings. The third-order valence-electron chi connectivity index (χ3n) is 3.19. The van der Waals surface area contributed by atoms with E-state index in [1.165, 1.54) is 4.90 Å². The predicted octanol–water partition coefficient (Wildman–Crippen LogP) is 1.02. The van der Waals surface area contributed by atoms with Crippen molar-refractivity contribution < 1.29 is 9.59 Å². The van der Waals surface area contributed by atoms with Gasteiger partial charge < -0.3 is 5.32 Å². The number of aromatic nitrogens is 1. The molecule has 2 heterocycles. The fourth-order valence-corrected chi connectivity index (χ4v) is 2.11. The highest BCUT2D eigenvalue weighted by Gasteiger charge is 2.44. The van der Waals surface area contributed by atoms with Crippen molar-refractivity contribution in [2.45, 2.75) is 39.3 Å². The van der Waals surface area contributed by atoms with Crippen LogP contribution in [0.25, 0.3) is 0 Å². The van der Waals surface area contributed by atoms with E-state index in [0.29, 0.717) is 5.69 Å². The Bertz CT molecular complexity index is 511. The van der Waals surface area contributed by atoms with Gasteiger partial charge in [-0.15, -0.1) is 0 Å². The first kappa shape index (κ1) is 12.5. The van der Waals surface area contributed by atoms with Crippen molar-refractivity contribution in [3.63, 3.8) is 0 Å². The molecule has 0 spiro atoms. The molecule has 0 radical (unpaired) electrons. The first-order chi connectivity index (χ1) is 8.34. The van der Waals surface area contributed by atoms with Crippen LogP contribution in [0, 0.1) is 6.92 Å². The molecule has 2 amide bonds. The van der Waals surface area contributed by atoms with E-state index in [1.54, 1.807) is 33.0 Å². The maximum absolute atomic E-state index is 12.4. The molecule has 96 valence electrons. The van der Waals surface area contributed by atoms with Gasteiger partial charge in [0.2, 0.25) is 5.91 Å². The average Bonchev–Trinajstić information content (AvgIpc) is 2.29. The van der Waals surface area contributed by atoms with Crippen LogP contribution in [0.3, 0.4) is 0 Å². The second-order valence-corrected chi connectivity index (χ2v) is 5.07. The molecule has 1 aromatic heterocycles. The number of rotatable bonds is 1. The number of hydrogen-bond acceptors (Lipinski definition) is 3. The summed E-state index contributed by atoms with van der Waals surface area (Å²) < 4.78 is 0. The smallest absolute Gasteiger partial charge is 0.252 e. The zero-order valence-corrected chi connectivity index (χ0v) is 11.0. The van der Waals surface area contributed by atoms with Crippen molar-refractivity contribution >= 4 is 17.5 Å². The average molecular weight is 247 g/mol. The molecule has 0 saturated carbocycles. The zero-order valence-electron chi connectivity index (χ0n) is 11.0.